The van der Waals surface area contributed by atoms with Gasteiger partial charge in [0.15, 0.2) is 0 Å². The molecule has 3 N–H and O–H groups in total. The van der Waals surface area contributed by atoms with Gasteiger partial charge in [-0.05, 0) is 13.8 Å². The smallest absolute Gasteiger partial charge is 0.135 e. The highest BCUT2D eigenvalue weighted by Crippen LogP contribution is 2.23. The molecule has 0 aliphatic carbocycles. The molecule has 13 heavy (non-hydrogen) atoms. The Morgan fingerprint density at radius 3 is 2.69 bits per heavy atom. The van der Waals surface area contributed by atoms with E-state index in [1.165, 1.54) is 0 Å². The number of halogens is 1. The summed E-state index contributed by atoms with van der Waals surface area (Å²) in [7, 11) is 0. The van der Waals surface area contributed by atoms with Gasteiger partial charge >= 0.3 is 0 Å². The molecule has 1 saturated heterocycles. The van der Waals surface area contributed by atoms with Gasteiger partial charge in [-0.3, -0.25) is 0 Å². The average Bonchev–Trinajstić information content (AvgIpc) is 2.31. The normalized spacial score (nSPS) is 40.2. The summed E-state index contributed by atoms with van der Waals surface area (Å²) < 4.78 is 11.6. The number of hydrogen-bond donors (Lipinski definition) is 2. The van der Waals surface area contributed by atoms with Crippen LogP contribution in [0.15, 0.2) is 0 Å². The fourth-order valence-corrected chi connectivity index (χ4v) is 2.08. The first-order chi connectivity index (χ1) is 6.06. The maximum absolute atomic E-state index is 9.63. The predicted molar refractivity (Wildman–Crippen MR) is 57.8 cm³/mol. The van der Waals surface area contributed by atoms with E-state index in [-0.39, 0.29) is 18.3 Å². The van der Waals surface area contributed by atoms with Crippen LogP contribution in [0, 0.1) is 0 Å². The van der Waals surface area contributed by atoms with Crippen LogP contribution < -0.4 is 5.73 Å². The maximum Gasteiger partial charge on any atom is 0.135 e. The van der Waals surface area contributed by atoms with E-state index in [4.69, 9.17) is 15.2 Å². The molecule has 0 aromatic rings. The SMILES string of the molecule is CC(C)O[C@@H]1[C@H](O)[C@H](N)O[C@@H]1CI. The minimum atomic E-state index is -0.706. The van der Waals surface area contributed by atoms with Gasteiger partial charge in [0.1, 0.15) is 18.4 Å². The maximum atomic E-state index is 9.63. The standard InChI is InChI=1S/C8H16INO3/c1-4(2)12-7-5(3-9)13-8(10)6(7)11/h4-8,11H,3,10H2,1-2H3/t5-,6+,7+,8-/m1/s1. The van der Waals surface area contributed by atoms with Crippen molar-refractivity contribution < 1.29 is 14.6 Å². The van der Waals surface area contributed by atoms with Crippen LogP contribution >= 0.6 is 22.6 Å². The average molecular weight is 301 g/mol. The van der Waals surface area contributed by atoms with Crippen molar-refractivity contribution >= 4 is 22.6 Å². The van der Waals surface area contributed by atoms with E-state index < -0.39 is 12.3 Å². The van der Waals surface area contributed by atoms with Crippen LogP contribution in [0.2, 0.25) is 0 Å². The zero-order valence-electron chi connectivity index (χ0n) is 7.81. The molecule has 0 radical (unpaired) electrons. The fourth-order valence-electron chi connectivity index (χ4n) is 1.37. The van der Waals surface area contributed by atoms with Crippen LogP contribution in [0.25, 0.3) is 0 Å². The number of aliphatic hydroxyl groups is 1. The summed E-state index contributed by atoms with van der Waals surface area (Å²) in [4.78, 5) is 0. The Morgan fingerprint density at radius 2 is 2.23 bits per heavy atom. The molecule has 1 aliphatic rings. The third kappa shape index (κ3) is 2.76. The summed E-state index contributed by atoms with van der Waals surface area (Å²) in [5, 5.41) is 9.63. The van der Waals surface area contributed by atoms with E-state index in [2.05, 4.69) is 22.6 Å². The quantitative estimate of drug-likeness (QED) is 0.580. The van der Waals surface area contributed by atoms with Crippen LogP contribution in [0.3, 0.4) is 0 Å². The highest BCUT2D eigenvalue weighted by atomic mass is 127. The highest BCUT2D eigenvalue weighted by molar-refractivity contribution is 14.1. The lowest BCUT2D eigenvalue weighted by atomic mass is 10.1. The molecular weight excluding hydrogens is 285 g/mol. The molecule has 0 bridgehead atoms. The minimum absolute atomic E-state index is 0.0824. The largest absolute Gasteiger partial charge is 0.386 e. The van der Waals surface area contributed by atoms with Crippen molar-refractivity contribution in [2.75, 3.05) is 4.43 Å². The molecule has 78 valence electrons. The molecule has 1 rings (SSSR count). The Balaban J connectivity index is 2.57. The molecule has 1 heterocycles. The molecule has 1 aliphatic heterocycles. The molecular formula is C8H16INO3. The van der Waals surface area contributed by atoms with Gasteiger partial charge in [-0.1, -0.05) is 22.6 Å². The molecule has 4 atom stereocenters. The first-order valence-corrected chi connectivity index (χ1v) is 5.89. The van der Waals surface area contributed by atoms with Gasteiger partial charge in [-0.2, -0.15) is 0 Å². The Hall–Kier alpha value is 0.570. The summed E-state index contributed by atoms with van der Waals surface area (Å²) >= 11 is 2.20. The van der Waals surface area contributed by atoms with Crippen molar-refractivity contribution in [3.63, 3.8) is 0 Å². The fraction of sp³-hybridized carbons (Fsp3) is 1.00. The number of nitrogens with two attached hydrogens (primary N) is 1. The number of alkyl halides is 1. The van der Waals surface area contributed by atoms with Gasteiger partial charge in [0, 0.05) is 4.43 Å². The topological polar surface area (TPSA) is 64.7 Å². The lowest BCUT2D eigenvalue weighted by Gasteiger charge is -2.21. The van der Waals surface area contributed by atoms with Crippen molar-refractivity contribution in [3.05, 3.63) is 0 Å². The lowest BCUT2D eigenvalue weighted by Crippen LogP contribution is -2.40. The van der Waals surface area contributed by atoms with Crippen molar-refractivity contribution in [2.45, 2.75) is 44.5 Å². The van der Waals surface area contributed by atoms with Gasteiger partial charge < -0.3 is 20.3 Å². The van der Waals surface area contributed by atoms with E-state index in [0.717, 1.165) is 4.43 Å². The molecule has 0 spiro atoms. The van der Waals surface area contributed by atoms with Crippen molar-refractivity contribution in [3.8, 4) is 0 Å². The molecule has 4 nitrogen and oxygen atoms in total. The number of aliphatic hydroxyl groups excluding tert-OH is 1. The van der Waals surface area contributed by atoms with Crippen molar-refractivity contribution in [1.82, 2.24) is 0 Å². The predicted octanol–water partition coefficient (Wildman–Crippen LogP) is 0.259. The van der Waals surface area contributed by atoms with Crippen molar-refractivity contribution in [1.29, 1.82) is 0 Å². The molecule has 5 heteroatoms. The monoisotopic (exact) mass is 301 g/mol. The third-order valence-electron chi connectivity index (χ3n) is 1.95. The molecule has 1 fully saturated rings. The number of rotatable bonds is 3. The molecule has 0 saturated carbocycles. The second-order valence-electron chi connectivity index (χ2n) is 3.43. The van der Waals surface area contributed by atoms with Gasteiger partial charge in [-0.25, -0.2) is 0 Å². The molecule has 0 aromatic heterocycles. The summed E-state index contributed by atoms with van der Waals surface area (Å²) in [5.41, 5.74) is 5.55. The van der Waals surface area contributed by atoms with Gasteiger partial charge in [0.05, 0.1) is 12.2 Å². The van der Waals surface area contributed by atoms with Gasteiger partial charge in [0.2, 0.25) is 0 Å². The lowest BCUT2D eigenvalue weighted by molar-refractivity contribution is -0.0598. The van der Waals surface area contributed by atoms with Crippen LogP contribution in [0.4, 0.5) is 0 Å². The van der Waals surface area contributed by atoms with Gasteiger partial charge in [0.25, 0.3) is 0 Å². The Bertz CT molecular complexity index is 167. The summed E-state index contributed by atoms with van der Waals surface area (Å²) in [6, 6.07) is 0. The Labute approximate surface area is 91.9 Å². The Morgan fingerprint density at radius 1 is 1.62 bits per heavy atom. The van der Waals surface area contributed by atoms with E-state index in [1.54, 1.807) is 0 Å². The summed E-state index contributed by atoms with van der Waals surface area (Å²) in [6.07, 6.45) is -1.61. The zero-order chi connectivity index (χ0) is 10.0. The van der Waals surface area contributed by atoms with E-state index >= 15 is 0 Å². The number of hydrogen-bond acceptors (Lipinski definition) is 4. The van der Waals surface area contributed by atoms with Crippen LogP contribution in [0.5, 0.6) is 0 Å². The van der Waals surface area contributed by atoms with Crippen molar-refractivity contribution in [2.24, 2.45) is 5.73 Å². The highest BCUT2D eigenvalue weighted by Gasteiger charge is 2.42. The molecule has 0 unspecified atom stereocenters. The third-order valence-corrected chi connectivity index (χ3v) is 2.82. The zero-order valence-corrected chi connectivity index (χ0v) is 9.97. The molecule has 0 amide bonds. The van der Waals surface area contributed by atoms with E-state index in [1.807, 2.05) is 13.8 Å². The van der Waals surface area contributed by atoms with Crippen LogP contribution in [0.1, 0.15) is 13.8 Å². The number of ether oxygens (including phenoxy) is 2. The van der Waals surface area contributed by atoms with Crippen LogP contribution in [-0.2, 0) is 9.47 Å². The summed E-state index contributed by atoms with van der Waals surface area (Å²) in [6.45, 7) is 3.86. The Kier molecular flexibility index (Phi) is 4.37. The van der Waals surface area contributed by atoms with Crippen LogP contribution in [-0.4, -0.2) is 40.2 Å². The first-order valence-electron chi connectivity index (χ1n) is 4.36. The first kappa shape index (κ1) is 11.6. The molecule has 0 aromatic carbocycles. The minimum Gasteiger partial charge on any atom is -0.386 e. The second-order valence-corrected chi connectivity index (χ2v) is 4.31. The second kappa shape index (κ2) is 4.88. The van der Waals surface area contributed by atoms with E-state index in [0.29, 0.717) is 0 Å². The van der Waals surface area contributed by atoms with Gasteiger partial charge in [-0.15, -0.1) is 0 Å². The van der Waals surface area contributed by atoms with E-state index in [9.17, 15) is 5.11 Å². The summed E-state index contributed by atoms with van der Waals surface area (Å²) in [5.74, 6) is 0.